The lowest BCUT2D eigenvalue weighted by Crippen LogP contribution is -2.26. The average molecular weight is 518 g/mol. The van der Waals surface area contributed by atoms with Crippen LogP contribution in [0.25, 0.3) is 27.2 Å². The van der Waals surface area contributed by atoms with Crippen molar-refractivity contribution in [3.8, 4) is 11.4 Å². The summed E-state index contributed by atoms with van der Waals surface area (Å²) in [6.45, 7) is 1.44. The summed E-state index contributed by atoms with van der Waals surface area (Å²) in [5, 5.41) is 10.9. The van der Waals surface area contributed by atoms with Gasteiger partial charge in [-0.05, 0) is 48.0 Å². The third-order valence-electron chi connectivity index (χ3n) is 5.52. The number of halogens is 1. The van der Waals surface area contributed by atoms with E-state index in [1.165, 1.54) is 18.2 Å². The molecule has 0 spiro atoms. The van der Waals surface area contributed by atoms with Gasteiger partial charge < -0.3 is 14.8 Å². The number of esters is 1. The molecule has 10 heteroatoms. The smallest absolute Gasteiger partial charge is 0.359 e. The fraction of sp³-hybridized carbons (Fsp3) is 0.111. The lowest BCUT2D eigenvalue weighted by atomic mass is 10.1. The lowest BCUT2D eigenvalue weighted by Gasteiger charge is -2.10. The highest BCUT2D eigenvalue weighted by Gasteiger charge is 2.23. The predicted octanol–water partition coefficient (Wildman–Crippen LogP) is 4.93. The molecule has 0 unspecified atom stereocenters. The number of anilines is 1. The minimum Gasteiger partial charge on any atom is -0.484 e. The lowest BCUT2D eigenvalue weighted by molar-refractivity contribution is -0.118. The minimum atomic E-state index is -0.743. The first-order valence-electron chi connectivity index (χ1n) is 11.3. The van der Waals surface area contributed by atoms with Crippen LogP contribution in [0.2, 0.25) is 0 Å². The molecule has 0 radical (unpaired) electrons. The van der Waals surface area contributed by atoms with Crippen molar-refractivity contribution in [3.63, 3.8) is 0 Å². The highest BCUT2D eigenvalue weighted by atomic mass is 32.1. The number of thiophene rings is 1. The highest BCUT2D eigenvalue weighted by molar-refractivity contribution is 7.16. The fourth-order valence-electron chi connectivity index (χ4n) is 3.84. The standard InChI is InChI=1S/C27H20FN3O5S/c1-2-35-27(34)24-21-15-37-25(23(21)26(33)31(30-24)19-9-5-8-18(28)13-19)29-22(32)14-36-20-11-10-16-6-3-4-7-17(16)12-20/h3-13,15H,2,14H2,1H3,(H,29,32). The van der Waals surface area contributed by atoms with E-state index in [1.54, 1.807) is 18.4 Å². The van der Waals surface area contributed by atoms with Crippen molar-refractivity contribution in [2.75, 3.05) is 18.5 Å². The van der Waals surface area contributed by atoms with E-state index < -0.39 is 23.3 Å². The van der Waals surface area contributed by atoms with E-state index >= 15 is 0 Å². The number of carbonyl (C=O) groups is 2. The normalized spacial score (nSPS) is 11.0. The molecule has 0 aliphatic heterocycles. The number of aromatic nitrogens is 2. The van der Waals surface area contributed by atoms with E-state index in [0.717, 1.165) is 32.9 Å². The molecule has 37 heavy (non-hydrogen) atoms. The molecule has 2 heterocycles. The summed E-state index contributed by atoms with van der Waals surface area (Å²) in [6, 6.07) is 18.5. The molecule has 1 N–H and O–H groups in total. The Morgan fingerprint density at radius 1 is 1.05 bits per heavy atom. The van der Waals surface area contributed by atoms with Gasteiger partial charge in [-0.2, -0.15) is 9.78 Å². The molecule has 0 atom stereocenters. The first kappa shape index (κ1) is 24.1. The molecular weight excluding hydrogens is 497 g/mol. The van der Waals surface area contributed by atoms with Crippen LogP contribution >= 0.6 is 11.3 Å². The van der Waals surface area contributed by atoms with Gasteiger partial charge in [0.2, 0.25) is 0 Å². The van der Waals surface area contributed by atoms with Crippen LogP contribution in [0.4, 0.5) is 9.39 Å². The molecule has 2 aromatic heterocycles. The van der Waals surface area contributed by atoms with Crippen LogP contribution in [0.5, 0.6) is 5.75 Å². The summed E-state index contributed by atoms with van der Waals surface area (Å²) < 4.78 is 25.6. The molecule has 0 bridgehead atoms. The van der Waals surface area contributed by atoms with Gasteiger partial charge >= 0.3 is 5.97 Å². The molecule has 8 nitrogen and oxygen atoms in total. The number of hydrogen-bond acceptors (Lipinski definition) is 7. The number of hydrogen-bond donors (Lipinski definition) is 1. The zero-order valence-corrected chi connectivity index (χ0v) is 20.4. The van der Waals surface area contributed by atoms with Gasteiger partial charge in [-0.25, -0.2) is 9.18 Å². The van der Waals surface area contributed by atoms with Gasteiger partial charge in [-0.3, -0.25) is 9.59 Å². The van der Waals surface area contributed by atoms with Gasteiger partial charge in [0.1, 0.15) is 16.6 Å². The van der Waals surface area contributed by atoms with Crippen molar-refractivity contribution in [1.29, 1.82) is 0 Å². The Morgan fingerprint density at radius 3 is 2.65 bits per heavy atom. The van der Waals surface area contributed by atoms with Crippen molar-refractivity contribution in [2.45, 2.75) is 6.92 Å². The number of ether oxygens (including phenoxy) is 2. The highest BCUT2D eigenvalue weighted by Crippen LogP contribution is 2.31. The van der Waals surface area contributed by atoms with Crippen molar-refractivity contribution in [2.24, 2.45) is 0 Å². The zero-order valence-electron chi connectivity index (χ0n) is 19.6. The number of nitrogens with one attached hydrogen (secondary N) is 1. The van der Waals surface area contributed by atoms with Crippen molar-refractivity contribution in [3.05, 3.63) is 94.0 Å². The van der Waals surface area contributed by atoms with E-state index in [1.807, 2.05) is 36.4 Å². The molecular formula is C27H20FN3O5S. The van der Waals surface area contributed by atoms with Crippen LogP contribution in [0.1, 0.15) is 17.4 Å². The summed E-state index contributed by atoms with van der Waals surface area (Å²) in [5.41, 5.74) is -0.619. The van der Waals surface area contributed by atoms with Crippen LogP contribution in [-0.2, 0) is 9.53 Å². The Balaban J connectivity index is 1.47. The molecule has 0 aliphatic rings. The molecule has 0 saturated carbocycles. The number of nitrogens with zero attached hydrogens (tertiary/aromatic N) is 2. The number of fused-ring (bicyclic) bond motifs is 2. The van der Waals surface area contributed by atoms with Gasteiger partial charge in [-0.1, -0.05) is 36.4 Å². The summed E-state index contributed by atoms with van der Waals surface area (Å²) >= 11 is 1.06. The Bertz CT molecular complexity index is 1710. The summed E-state index contributed by atoms with van der Waals surface area (Å²) in [5.74, 6) is -1.29. The monoisotopic (exact) mass is 517 g/mol. The second-order valence-corrected chi connectivity index (χ2v) is 8.84. The van der Waals surface area contributed by atoms with E-state index in [2.05, 4.69) is 10.4 Å². The van der Waals surface area contributed by atoms with Crippen LogP contribution in [0.15, 0.2) is 76.9 Å². The van der Waals surface area contributed by atoms with E-state index in [4.69, 9.17) is 9.47 Å². The van der Waals surface area contributed by atoms with Crippen LogP contribution in [0, 0.1) is 5.82 Å². The Hall–Kier alpha value is -4.57. The van der Waals surface area contributed by atoms with Gasteiger partial charge in [0.05, 0.1) is 17.7 Å². The quantitative estimate of drug-likeness (QED) is 0.307. The SMILES string of the molecule is CCOC(=O)c1nn(-c2cccc(F)c2)c(=O)c2c(NC(=O)COc3ccc4ccccc4c3)scc12. The molecule has 5 aromatic rings. The number of benzene rings is 3. The van der Waals surface area contributed by atoms with E-state index in [-0.39, 0.29) is 40.4 Å². The minimum absolute atomic E-state index is 0.0615. The third kappa shape index (κ3) is 4.91. The van der Waals surface area contributed by atoms with Gasteiger partial charge in [0.15, 0.2) is 12.3 Å². The topological polar surface area (TPSA) is 99.5 Å². The van der Waals surface area contributed by atoms with E-state index in [0.29, 0.717) is 5.75 Å². The maximum atomic E-state index is 13.9. The van der Waals surface area contributed by atoms with Gasteiger partial charge in [0, 0.05) is 10.8 Å². The Labute approximate surface area is 213 Å². The molecule has 0 fully saturated rings. The largest absolute Gasteiger partial charge is 0.484 e. The van der Waals surface area contributed by atoms with Crippen molar-refractivity contribution >= 4 is 49.8 Å². The predicted molar refractivity (Wildman–Crippen MR) is 139 cm³/mol. The van der Waals surface area contributed by atoms with Gasteiger partial charge in [0.25, 0.3) is 11.5 Å². The summed E-state index contributed by atoms with van der Waals surface area (Å²) in [7, 11) is 0. The zero-order chi connectivity index (χ0) is 25.9. The molecule has 1 amide bonds. The Kier molecular flexibility index (Phi) is 6.65. The number of rotatable bonds is 7. The second-order valence-electron chi connectivity index (χ2n) is 7.97. The fourth-order valence-corrected chi connectivity index (χ4v) is 4.80. The van der Waals surface area contributed by atoms with Crippen LogP contribution in [-0.4, -0.2) is 34.9 Å². The maximum absolute atomic E-state index is 13.9. The van der Waals surface area contributed by atoms with Crippen LogP contribution in [0.3, 0.4) is 0 Å². The molecule has 5 rings (SSSR count). The van der Waals surface area contributed by atoms with Crippen LogP contribution < -0.4 is 15.6 Å². The third-order valence-corrected chi connectivity index (χ3v) is 6.41. The molecule has 3 aromatic carbocycles. The molecule has 0 aliphatic carbocycles. The molecule has 0 saturated heterocycles. The number of carbonyl (C=O) groups excluding carboxylic acids is 2. The maximum Gasteiger partial charge on any atom is 0.359 e. The first-order valence-corrected chi connectivity index (χ1v) is 12.2. The Morgan fingerprint density at radius 2 is 1.86 bits per heavy atom. The summed E-state index contributed by atoms with van der Waals surface area (Å²) in [6.07, 6.45) is 0. The van der Waals surface area contributed by atoms with Crippen molar-refractivity contribution in [1.82, 2.24) is 9.78 Å². The molecule has 186 valence electrons. The average Bonchev–Trinajstić information content (AvgIpc) is 3.31. The second kappa shape index (κ2) is 10.2. The summed E-state index contributed by atoms with van der Waals surface area (Å²) in [4.78, 5) is 38.7. The van der Waals surface area contributed by atoms with E-state index in [9.17, 15) is 18.8 Å². The first-order chi connectivity index (χ1) is 17.9. The van der Waals surface area contributed by atoms with Gasteiger partial charge in [-0.15, -0.1) is 11.3 Å². The number of amides is 1. The van der Waals surface area contributed by atoms with Crippen molar-refractivity contribution < 1.29 is 23.5 Å².